The number of carbonyl (C=O) groups is 1. The molecule has 78 valence electrons. The lowest BCUT2D eigenvalue weighted by Gasteiger charge is -2.33. The third-order valence-corrected chi connectivity index (χ3v) is 2.17. The fourth-order valence-electron chi connectivity index (χ4n) is 1.50. The van der Waals surface area contributed by atoms with Gasteiger partial charge in [0.1, 0.15) is 0 Å². The van der Waals surface area contributed by atoms with Gasteiger partial charge in [0, 0.05) is 31.6 Å². The first-order valence-electron chi connectivity index (χ1n) is 4.63. The van der Waals surface area contributed by atoms with Gasteiger partial charge >= 0.3 is 0 Å². The van der Waals surface area contributed by atoms with Crippen molar-refractivity contribution in [3.8, 4) is 0 Å². The molecule has 1 heterocycles. The van der Waals surface area contributed by atoms with Crippen LogP contribution in [-0.4, -0.2) is 36.5 Å². The highest BCUT2D eigenvalue weighted by atomic mass is 35.5. The van der Waals surface area contributed by atoms with E-state index in [1.165, 1.54) is 0 Å². The van der Waals surface area contributed by atoms with Gasteiger partial charge < -0.3 is 10.2 Å². The van der Waals surface area contributed by atoms with Crippen molar-refractivity contribution in [2.24, 2.45) is 5.92 Å². The normalized spacial score (nSPS) is 22.8. The minimum absolute atomic E-state index is 0. The van der Waals surface area contributed by atoms with Gasteiger partial charge in [0.25, 0.3) is 0 Å². The highest BCUT2D eigenvalue weighted by molar-refractivity contribution is 5.85. The largest absolute Gasteiger partial charge is 0.340 e. The number of rotatable bonds is 1. The van der Waals surface area contributed by atoms with E-state index in [2.05, 4.69) is 12.2 Å². The molecular formula is C9H19ClN2O. The van der Waals surface area contributed by atoms with Crippen LogP contribution in [0.15, 0.2) is 0 Å². The van der Waals surface area contributed by atoms with E-state index in [1.807, 2.05) is 18.7 Å². The highest BCUT2D eigenvalue weighted by Crippen LogP contribution is 2.04. The summed E-state index contributed by atoms with van der Waals surface area (Å²) in [5, 5.41) is 3.31. The molecule has 3 nitrogen and oxygen atoms in total. The lowest BCUT2D eigenvalue weighted by molar-refractivity contribution is -0.135. The van der Waals surface area contributed by atoms with E-state index in [0.29, 0.717) is 6.04 Å². The van der Waals surface area contributed by atoms with Gasteiger partial charge in [-0.1, -0.05) is 13.8 Å². The first kappa shape index (κ1) is 12.7. The van der Waals surface area contributed by atoms with Crippen molar-refractivity contribution in [2.75, 3.05) is 19.6 Å². The second-order valence-corrected chi connectivity index (χ2v) is 3.79. The molecule has 1 unspecified atom stereocenters. The number of nitrogens with zero attached hydrogens (tertiary/aromatic N) is 1. The molecule has 0 aliphatic carbocycles. The van der Waals surface area contributed by atoms with Gasteiger partial charge in [-0.05, 0) is 6.92 Å². The van der Waals surface area contributed by atoms with Gasteiger partial charge in [0.15, 0.2) is 0 Å². The van der Waals surface area contributed by atoms with Crippen molar-refractivity contribution >= 4 is 18.3 Å². The van der Waals surface area contributed by atoms with Gasteiger partial charge in [-0.3, -0.25) is 4.79 Å². The first-order chi connectivity index (χ1) is 5.61. The standard InChI is InChI=1S/C9H18N2O.ClH/c1-7(2)9(12)11-5-4-10-8(3)6-11;/h7-8,10H,4-6H2,1-3H3;1H. The van der Waals surface area contributed by atoms with E-state index in [0.717, 1.165) is 19.6 Å². The summed E-state index contributed by atoms with van der Waals surface area (Å²) in [5.74, 6) is 0.415. The van der Waals surface area contributed by atoms with Gasteiger partial charge in [-0.2, -0.15) is 0 Å². The molecule has 4 heteroatoms. The molecule has 0 aromatic heterocycles. The summed E-state index contributed by atoms with van der Waals surface area (Å²) in [6.45, 7) is 8.67. The summed E-state index contributed by atoms with van der Waals surface area (Å²) in [4.78, 5) is 13.5. The van der Waals surface area contributed by atoms with Crippen molar-refractivity contribution in [1.29, 1.82) is 0 Å². The molecule has 0 aromatic rings. The Morgan fingerprint density at radius 3 is 2.62 bits per heavy atom. The molecule has 1 amide bonds. The first-order valence-corrected chi connectivity index (χ1v) is 4.63. The Morgan fingerprint density at radius 2 is 2.15 bits per heavy atom. The number of halogens is 1. The number of hydrogen-bond acceptors (Lipinski definition) is 2. The predicted molar refractivity (Wildman–Crippen MR) is 56.1 cm³/mol. The molecule has 1 fully saturated rings. The molecule has 0 spiro atoms. The van der Waals surface area contributed by atoms with Crippen LogP contribution in [0.3, 0.4) is 0 Å². The van der Waals surface area contributed by atoms with Crippen molar-refractivity contribution in [1.82, 2.24) is 10.2 Å². The fourth-order valence-corrected chi connectivity index (χ4v) is 1.50. The zero-order valence-electron chi connectivity index (χ0n) is 8.54. The third kappa shape index (κ3) is 3.53. The van der Waals surface area contributed by atoms with Gasteiger partial charge in [-0.15, -0.1) is 12.4 Å². The van der Waals surface area contributed by atoms with Crippen LogP contribution < -0.4 is 5.32 Å². The molecule has 13 heavy (non-hydrogen) atoms. The summed E-state index contributed by atoms with van der Waals surface area (Å²) in [5.41, 5.74) is 0. The van der Waals surface area contributed by atoms with Gasteiger partial charge in [0.05, 0.1) is 0 Å². The third-order valence-electron chi connectivity index (χ3n) is 2.17. The summed E-state index contributed by atoms with van der Waals surface area (Å²) < 4.78 is 0. The van der Waals surface area contributed by atoms with Gasteiger partial charge in [0.2, 0.25) is 5.91 Å². The highest BCUT2D eigenvalue weighted by Gasteiger charge is 2.21. The molecule has 1 aliphatic rings. The molecule has 1 aliphatic heterocycles. The Kier molecular flexibility index (Phi) is 5.33. The monoisotopic (exact) mass is 206 g/mol. The number of piperazine rings is 1. The Balaban J connectivity index is 0.00000144. The lowest BCUT2D eigenvalue weighted by Crippen LogP contribution is -2.52. The quantitative estimate of drug-likeness (QED) is 0.691. The molecule has 0 saturated carbocycles. The number of amides is 1. The molecular weight excluding hydrogens is 188 g/mol. The molecule has 0 radical (unpaired) electrons. The van der Waals surface area contributed by atoms with Crippen molar-refractivity contribution < 1.29 is 4.79 Å². The lowest BCUT2D eigenvalue weighted by atomic mass is 10.1. The van der Waals surface area contributed by atoms with Crippen LogP contribution >= 0.6 is 12.4 Å². The maximum absolute atomic E-state index is 11.5. The zero-order valence-corrected chi connectivity index (χ0v) is 9.36. The Morgan fingerprint density at radius 1 is 1.54 bits per heavy atom. The van der Waals surface area contributed by atoms with Crippen molar-refractivity contribution in [3.05, 3.63) is 0 Å². The number of nitrogens with one attached hydrogen (secondary N) is 1. The van der Waals surface area contributed by atoms with Crippen LogP contribution in [0.25, 0.3) is 0 Å². The summed E-state index contributed by atoms with van der Waals surface area (Å²) >= 11 is 0. The molecule has 1 atom stereocenters. The van der Waals surface area contributed by atoms with Gasteiger partial charge in [-0.25, -0.2) is 0 Å². The van der Waals surface area contributed by atoms with Crippen LogP contribution in [-0.2, 0) is 4.79 Å². The van der Waals surface area contributed by atoms with Crippen LogP contribution in [0.2, 0.25) is 0 Å². The molecule has 1 N–H and O–H groups in total. The predicted octanol–water partition coefficient (Wildman–Crippen LogP) is 0.884. The maximum Gasteiger partial charge on any atom is 0.225 e. The van der Waals surface area contributed by atoms with Crippen LogP contribution in [0.1, 0.15) is 20.8 Å². The number of hydrogen-bond donors (Lipinski definition) is 1. The van der Waals surface area contributed by atoms with Crippen molar-refractivity contribution in [3.63, 3.8) is 0 Å². The molecule has 0 aromatic carbocycles. The summed E-state index contributed by atoms with van der Waals surface area (Å²) in [6, 6.07) is 0.446. The summed E-state index contributed by atoms with van der Waals surface area (Å²) in [7, 11) is 0. The van der Waals surface area contributed by atoms with E-state index >= 15 is 0 Å². The summed E-state index contributed by atoms with van der Waals surface area (Å²) in [6.07, 6.45) is 0. The number of carbonyl (C=O) groups excluding carboxylic acids is 1. The smallest absolute Gasteiger partial charge is 0.225 e. The Labute approximate surface area is 86.3 Å². The molecule has 1 rings (SSSR count). The van der Waals surface area contributed by atoms with E-state index in [4.69, 9.17) is 0 Å². The fraction of sp³-hybridized carbons (Fsp3) is 0.889. The maximum atomic E-state index is 11.5. The molecule has 1 saturated heterocycles. The Hall–Kier alpha value is -0.280. The average molecular weight is 207 g/mol. The van der Waals surface area contributed by atoms with E-state index in [9.17, 15) is 4.79 Å². The van der Waals surface area contributed by atoms with Crippen LogP contribution in [0.4, 0.5) is 0 Å². The second kappa shape index (κ2) is 5.45. The topological polar surface area (TPSA) is 32.3 Å². The SMILES string of the molecule is CC1CN(C(=O)C(C)C)CCN1.Cl. The minimum Gasteiger partial charge on any atom is -0.340 e. The van der Waals surface area contributed by atoms with E-state index < -0.39 is 0 Å². The van der Waals surface area contributed by atoms with E-state index in [1.54, 1.807) is 0 Å². The second-order valence-electron chi connectivity index (χ2n) is 3.79. The van der Waals surface area contributed by atoms with E-state index in [-0.39, 0.29) is 24.2 Å². The van der Waals surface area contributed by atoms with Crippen LogP contribution in [0.5, 0.6) is 0 Å². The zero-order chi connectivity index (χ0) is 9.14. The molecule has 0 bridgehead atoms. The Bertz CT molecular complexity index is 173. The average Bonchev–Trinajstić information content (AvgIpc) is 2.03. The minimum atomic E-state index is 0. The van der Waals surface area contributed by atoms with Crippen LogP contribution in [0, 0.1) is 5.92 Å². The van der Waals surface area contributed by atoms with Crippen molar-refractivity contribution in [2.45, 2.75) is 26.8 Å².